The number of allylic oxidation sites excluding steroid dienone is 1. The third-order valence-corrected chi connectivity index (χ3v) is 5.09. The van der Waals surface area contributed by atoms with Crippen LogP contribution in [0.1, 0.15) is 28.5 Å². The first kappa shape index (κ1) is 27.3. The van der Waals surface area contributed by atoms with Crippen LogP contribution in [0.3, 0.4) is 0 Å². The lowest BCUT2D eigenvalue weighted by Gasteiger charge is -2.35. The molecule has 0 bridgehead atoms. The Morgan fingerprint density at radius 3 is 2.25 bits per heavy atom. The molecule has 3 rings (SSSR count). The van der Waals surface area contributed by atoms with Gasteiger partial charge in [0.1, 0.15) is 0 Å². The highest BCUT2D eigenvalue weighted by atomic mass is 35.5. The van der Waals surface area contributed by atoms with Crippen molar-refractivity contribution < 1.29 is 14.8 Å². The number of hydrogen-bond acceptors (Lipinski definition) is 6. The van der Waals surface area contributed by atoms with E-state index in [1.165, 1.54) is 23.7 Å². The van der Waals surface area contributed by atoms with E-state index >= 15 is 0 Å². The lowest BCUT2D eigenvalue weighted by Crippen LogP contribution is -2.46. The fourth-order valence-electron chi connectivity index (χ4n) is 3.24. The van der Waals surface area contributed by atoms with Crippen molar-refractivity contribution in [1.29, 1.82) is 0 Å². The lowest BCUT2D eigenvalue weighted by atomic mass is 10.1. The van der Waals surface area contributed by atoms with Crippen LogP contribution in [0.25, 0.3) is 12.2 Å². The van der Waals surface area contributed by atoms with Gasteiger partial charge in [-0.15, -0.1) is 24.8 Å². The summed E-state index contributed by atoms with van der Waals surface area (Å²) in [6, 6.07) is 11.3. The molecule has 1 fully saturated rings. The summed E-state index contributed by atoms with van der Waals surface area (Å²) >= 11 is 0. The number of likely N-dealkylation sites (N-methyl/N-ethyl adjacent to an activating group) is 1. The normalized spacial score (nSPS) is 14.1. The zero-order chi connectivity index (χ0) is 21.3. The van der Waals surface area contributed by atoms with E-state index in [0.717, 1.165) is 44.0 Å². The van der Waals surface area contributed by atoms with Crippen molar-refractivity contribution in [1.82, 2.24) is 15.4 Å². The zero-order valence-corrected chi connectivity index (χ0v) is 19.4. The number of hydroxylamine groups is 1. The summed E-state index contributed by atoms with van der Waals surface area (Å²) in [4.78, 5) is 32.4. The van der Waals surface area contributed by atoms with Gasteiger partial charge in [-0.1, -0.05) is 13.0 Å². The number of nitrogens with one attached hydrogen (secondary N) is 1. The van der Waals surface area contributed by atoms with Crippen molar-refractivity contribution in [3.63, 3.8) is 0 Å². The van der Waals surface area contributed by atoms with Gasteiger partial charge in [-0.25, -0.2) is 5.48 Å². The summed E-state index contributed by atoms with van der Waals surface area (Å²) in [5.41, 5.74) is 4.65. The fourth-order valence-corrected chi connectivity index (χ4v) is 3.24. The Kier molecular flexibility index (Phi) is 11.7. The summed E-state index contributed by atoms with van der Waals surface area (Å²) in [7, 11) is 0. The molecule has 7 nitrogen and oxygen atoms in total. The zero-order valence-electron chi connectivity index (χ0n) is 17.8. The smallest absolute Gasteiger partial charge is 0.267 e. The summed E-state index contributed by atoms with van der Waals surface area (Å²) in [5.74, 6) is -0.693. The Morgan fingerprint density at radius 1 is 1.00 bits per heavy atom. The van der Waals surface area contributed by atoms with Crippen molar-refractivity contribution in [3.8, 4) is 0 Å². The van der Waals surface area contributed by atoms with Crippen LogP contribution in [0.15, 0.2) is 54.7 Å². The van der Waals surface area contributed by atoms with Crippen molar-refractivity contribution in [3.05, 3.63) is 71.6 Å². The van der Waals surface area contributed by atoms with Gasteiger partial charge in [-0.05, 0) is 60.7 Å². The molecule has 32 heavy (non-hydrogen) atoms. The molecule has 1 aromatic heterocycles. The molecule has 0 saturated carbocycles. The quantitative estimate of drug-likeness (QED) is 0.274. The number of amides is 1. The first-order chi connectivity index (χ1) is 14.6. The molecule has 1 saturated heterocycles. The lowest BCUT2D eigenvalue weighted by molar-refractivity contribution is -0.124. The molecule has 1 amide bonds. The molecule has 0 atom stereocenters. The van der Waals surface area contributed by atoms with Gasteiger partial charge in [0.05, 0.1) is 5.69 Å². The van der Waals surface area contributed by atoms with Crippen LogP contribution in [0.5, 0.6) is 0 Å². The van der Waals surface area contributed by atoms with Crippen LogP contribution in [0.4, 0.5) is 5.69 Å². The highest BCUT2D eigenvalue weighted by Crippen LogP contribution is 2.18. The number of pyridine rings is 1. The second-order valence-electron chi connectivity index (χ2n) is 6.99. The fraction of sp³-hybridized carbons (Fsp3) is 0.261. The van der Waals surface area contributed by atoms with E-state index in [-0.39, 0.29) is 30.6 Å². The molecule has 2 aromatic rings. The SMILES string of the molecule is CCN1CCN(c2ccc(C(=O)/C=C/c3ccc(/C=C/C(=O)NO)nc3)cc2)CC1.Cl.Cl. The molecular formula is C23H28Cl2N4O3. The minimum Gasteiger partial charge on any atom is -0.369 e. The first-order valence-electron chi connectivity index (χ1n) is 9.97. The van der Waals surface area contributed by atoms with Crippen LogP contribution >= 0.6 is 24.8 Å². The Morgan fingerprint density at radius 2 is 1.69 bits per heavy atom. The third kappa shape index (κ3) is 7.76. The van der Waals surface area contributed by atoms with E-state index in [0.29, 0.717) is 11.3 Å². The van der Waals surface area contributed by atoms with Gasteiger partial charge in [0, 0.05) is 49.7 Å². The Bertz CT molecular complexity index is 923. The highest BCUT2D eigenvalue weighted by molar-refractivity contribution is 6.07. The van der Waals surface area contributed by atoms with E-state index < -0.39 is 5.91 Å². The number of anilines is 1. The van der Waals surface area contributed by atoms with Crippen LogP contribution in [-0.4, -0.2) is 59.5 Å². The molecule has 0 radical (unpaired) electrons. The van der Waals surface area contributed by atoms with E-state index in [4.69, 9.17) is 5.21 Å². The van der Waals surface area contributed by atoms with Gasteiger partial charge in [-0.2, -0.15) is 0 Å². The second kappa shape index (κ2) is 13.6. The largest absolute Gasteiger partial charge is 0.369 e. The van der Waals surface area contributed by atoms with Gasteiger partial charge < -0.3 is 9.80 Å². The number of hydrogen-bond donors (Lipinski definition) is 2. The number of halogens is 2. The molecule has 9 heteroatoms. The van der Waals surface area contributed by atoms with Crippen LogP contribution < -0.4 is 10.4 Å². The summed E-state index contributed by atoms with van der Waals surface area (Å²) in [6.45, 7) is 7.41. The predicted octanol–water partition coefficient (Wildman–Crippen LogP) is 3.48. The first-order valence-corrected chi connectivity index (χ1v) is 9.97. The molecule has 0 unspecified atom stereocenters. The van der Waals surface area contributed by atoms with E-state index in [2.05, 4.69) is 21.7 Å². The van der Waals surface area contributed by atoms with Gasteiger partial charge >= 0.3 is 0 Å². The van der Waals surface area contributed by atoms with Crippen molar-refractivity contribution in [2.24, 2.45) is 0 Å². The van der Waals surface area contributed by atoms with E-state index in [1.807, 2.05) is 24.3 Å². The molecule has 172 valence electrons. The van der Waals surface area contributed by atoms with Crippen LogP contribution in [0.2, 0.25) is 0 Å². The van der Waals surface area contributed by atoms with E-state index in [1.54, 1.807) is 24.4 Å². The number of benzene rings is 1. The molecule has 1 aliphatic rings. The van der Waals surface area contributed by atoms with E-state index in [9.17, 15) is 9.59 Å². The third-order valence-electron chi connectivity index (χ3n) is 5.09. The summed E-state index contributed by atoms with van der Waals surface area (Å²) in [6.07, 6.45) is 7.50. The molecule has 2 heterocycles. The average molecular weight is 479 g/mol. The average Bonchev–Trinajstić information content (AvgIpc) is 2.81. The number of aromatic nitrogens is 1. The predicted molar refractivity (Wildman–Crippen MR) is 132 cm³/mol. The minimum atomic E-state index is -0.624. The molecule has 1 aromatic carbocycles. The Balaban J connectivity index is 0.00000256. The summed E-state index contributed by atoms with van der Waals surface area (Å²) < 4.78 is 0. The minimum absolute atomic E-state index is 0. The van der Waals surface area contributed by atoms with Gasteiger partial charge in [0.25, 0.3) is 5.91 Å². The van der Waals surface area contributed by atoms with Crippen LogP contribution in [0, 0.1) is 0 Å². The summed E-state index contributed by atoms with van der Waals surface area (Å²) in [5, 5.41) is 8.46. The Labute approximate surface area is 200 Å². The van der Waals surface area contributed by atoms with Crippen molar-refractivity contribution in [2.45, 2.75) is 6.92 Å². The number of carbonyl (C=O) groups is 2. The number of carbonyl (C=O) groups excluding carboxylic acids is 2. The molecule has 1 aliphatic heterocycles. The maximum absolute atomic E-state index is 12.5. The maximum atomic E-state index is 12.5. The Hall–Kier alpha value is -2.71. The van der Waals surface area contributed by atoms with Crippen molar-refractivity contribution >= 4 is 54.3 Å². The molecule has 0 spiro atoms. The van der Waals surface area contributed by atoms with Gasteiger partial charge in [0.15, 0.2) is 5.78 Å². The molecule has 0 aliphatic carbocycles. The van der Waals surface area contributed by atoms with Crippen molar-refractivity contribution in [2.75, 3.05) is 37.6 Å². The molecular weight excluding hydrogens is 451 g/mol. The number of rotatable bonds is 7. The number of piperazine rings is 1. The topological polar surface area (TPSA) is 85.8 Å². The van der Waals surface area contributed by atoms with Crippen LogP contribution in [-0.2, 0) is 4.79 Å². The van der Waals surface area contributed by atoms with Gasteiger partial charge in [0.2, 0.25) is 0 Å². The molecule has 2 N–H and O–H groups in total. The standard InChI is InChI=1S/C23H26N4O3.2ClH/c1-2-26-13-15-27(16-14-26)21-9-5-19(6-10-21)22(28)11-4-18-3-7-20(24-17-18)8-12-23(29)25-30;;/h3-12,17,30H,2,13-16H2,1H3,(H,25,29);2*1H/b11-4+,12-8+;;. The highest BCUT2D eigenvalue weighted by Gasteiger charge is 2.15. The maximum Gasteiger partial charge on any atom is 0.267 e. The number of ketones is 1. The monoisotopic (exact) mass is 478 g/mol. The number of nitrogens with zero attached hydrogens (tertiary/aromatic N) is 3. The van der Waals surface area contributed by atoms with Gasteiger partial charge in [-0.3, -0.25) is 19.8 Å². The second-order valence-corrected chi connectivity index (χ2v) is 6.99.